The van der Waals surface area contributed by atoms with Crippen LogP contribution in [0.1, 0.15) is 26.7 Å². The summed E-state index contributed by atoms with van der Waals surface area (Å²) in [6.07, 6.45) is 1.78. The minimum atomic E-state index is -0.301. The second-order valence-electron chi connectivity index (χ2n) is 4.67. The largest absolute Gasteiger partial charge is 0.399 e. The van der Waals surface area contributed by atoms with E-state index < -0.39 is 0 Å². The van der Waals surface area contributed by atoms with E-state index in [-0.39, 0.29) is 11.2 Å². The van der Waals surface area contributed by atoms with Crippen LogP contribution in [0, 0.1) is 22.6 Å². The van der Waals surface area contributed by atoms with E-state index >= 15 is 0 Å². The van der Waals surface area contributed by atoms with Gasteiger partial charge in [0.1, 0.15) is 5.82 Å². The van der Waals surface area contributed by atoms with Crippen molar-refractivity contribution in [1.82, 2.24) is 0 Å². The number of nitrogen functional groups attached to an aromatic ring is 1. The van der Waals surface area contributed by atoms with Crippen molar-refractivity contribution in [1.29, 1.82) is 5.26 Å². The first-order valence-corrected chi connectivity index (χ1v) is 6.52. The van der Waals surface area contributed by atoms with Crippen molar-refractivity contribution in [2.75, 3.05) is 11.5 Å². The third kappa shape index (κ3) is 5.10. The van der Waals surface area contributed by atoms with E-state index in [0.717, 1.165) is 23.5 Å². The SMILES string of the molecule is CC(C)(C#N)CCCSc1cc(N)cc(F)c1. The normalized spacial score (nSPS) is 11.2. The van der Waals surface area contributed by atoms with Crippen molar-refractivity contribution in [3.05, 3.63) is 24.0 Å². The first-order valence-electron chi connectivity index (χ1n) is 5.53. The molecule has 0 radical (unpaired) electrons. The monoisotopic (exact) mass is 252 g/mol. The number of nitrogens with zero attached hydrogens (tertiary/aromatic N) is 1. The number of nitriles is 1. The Bertz CT molecular complexity index is 404. The van der Waals surface area contributed by atoms with Gasteiger partial charge in [0.05, 0.1) is 11.5 Å². The fraction of sp³-hybridized carbons (Fsp3) is 0.462. The Morgan fingerprint density at radius 2 is 2.12 bits per heavy atom. The molecule has 0 fully saturated rings. The Labute approximate surface area is 106 Å². The molecule has 92 valence electrons. The summed E-state index contributed by atoms with van der Waals surface area (Å²) in [4.78, 5) is 0.845. The number of rotatable bonds is 5. The average molecular weight is 252 g/mol. The molecule has 0 bridgehead atoms. The molecule has 2 nitrogen and oxygen atoms in total. The lowest BCUT2D eigenvalue weighted by molar-refractivity contribution is 0.448. The molecule has 1 aromatic rings. The summed E-state index contributed by atoms with van der Waals surface area (Å²) >= 11 is 1.57. The van der Waals surface area contributed by atoms with Gasteiger partial charge in [-0.05, 0) is 50.6 Å². The first-order chi connectivity index (χ1) is 7.93. The maximum atomic E-state index is 13.0. The van der Waals surface area contributed by atoms with E-state index in [4.69, 9.17) is 11.0 Å². The standard InChI is InChI=1S/C13H17FN2S/c1-13(2,9-15)4-3-5-17-12-7-10(14)6-11(16)8-12/h6-8H,3-5,16H2,1-2H3. The van der Waals surface area contributed by atoms with E-state index in [0.29, 0.717) is 5.69 Å². The van der Waals surface area contributed by atoms with E-state index in [1.165, 1.54) is 12.1 Å². The van der Waals surface area contributed by atoms with Crippen LogP contribution in [0.5, 0.6) is 0 Å². The predicted molar refractivity (Wildman–Crippen MR) is 70.2 cm³/mol. The van der Waals surface area contributed by atoms with E-state index in [1.807, 2.05) is 13.8 Å². The molecule has 0 saturated heterocycles. The molecule has 0 aliphatic rings. The molecule has 0 saturated carbocycles. The summed E-state index contributed by atoms with van der Waals surface area (Å²) in [5.74, 6) is 0.568. The van der Waals surface area contributed by atoms with Crippen molar-refractivity contribution < 1.29 is 4.39 Å². The minimum absolute atomic E-state index is 0.276. The molecule has 0 unspecified atom stereocenters. The highest BCUT2D eigenvalue weighted by atomic mass is 32.2. The Morgan fingerprint density at radius 1 is 1.41 bits per heavy atom. The summed E-state index contributed by atoms with van der Waals surface area (Å²) in [6, 6.07) is 6.83. The number of benzene rings is 1. The lowest BCUT2D eigenvalue weighted by Gasteiger charge is -2.14. The molecule has 17 heavy (non-hydrogen) atoms. The maximum absolute atomic E-state index is 13.0. The highest BCUT2D eigenvalue weighted by Gasteiger charge is 2.15. The van der Waals surface area contributed by atoms with Gasteiger partial charge in [-0.1, -0.05) is 0 Å². The number of hydrogen-bond acceptors (Lipinski definition) is 3. The van der Waals surface area contributed by atoms with Crippen molar-refractivity contribution in [3.63, 3.8) is 0 Å². The van der Waals surface area contributed by atoms with Gasteiger partial charge in [0.15, 0.2) is 0 Å². The topological polar surface area (TPSA) is 49.8 Å². The first kappa shape index (κ1) is 13.9. The van der Waals surface area contributed by atoms with E-state index in [9.17, 15) is 4.39 Å². The third-order valence-electron chi connectivity index (χ3n) is 2.41. The van der Waals surface area contributed by atoms with Crippen molar-refractivity contribution in [2.24, 2.45) is 5.41 Å². The van der Waals surface area contributed by atoms with E-state index in [2.05, 4.69) is 6.07 Å². The highest BCUT2D eigenvalue weighted by molar-refractivity contribution is 7.99. The van der Waals surface area contributed by atoms with Crippen LogP contribution in [0.2, 0.25) is 0 Å². The summed E-state index contributed by atoms with van der Waals surface area (Å²) < 4.78 is 13.0. The van der Waals surface area contributed by atoms with Gasteiger partial charge in [-0.25, -0.2) is 4.39 Å². The van der Waals surface area contributed by atoms with E-state index in [1.54, 1.807) is 17.8 Å². The molecule has 0 heterocycles. The Balaban J connectivity index is 2.39. The Hall–Kier alpha value is -1.21. The number of halogens is 1. The average Bonchev–Trinajstić information content (AvgIpc) is 2.23. The zero-order valence-corrected chi connectivity index (χ0v) is 11.0. The van der Waals surface area contributed by atoms with Crippen LogP contribution in [0.4, 0.5) is 10.1 Å². The van der Waals surface area contributed by atoms with Gasteiger partial charge in [-0.15, -0.1) is 11.8 Å². The maximum Gasteiger partial charge on any atom is 0.126 e. The molecular weight excluding hydrogens is 235 g/mol. The van der Waals surface area contributed by atoms with Gasteiger partial charge in [-0.2, -0.15) is 5.26 Å². The van der Waals surface area contributed by atoms with Gasteiger partial charge >= 0.3 is 0 Å². The Kier molecular flexibility index (Phi) is 4.83. The lowest BCUT2D eigenvalue weighted by atomic mass is 9.90. The fourth-order valence-corrected chi connectivity index (χ4v) is 2.37. The van der Waals surface area contributed by atoms with Crippen LogP contribution in [0.25, 0.3) is 0 Å². The third-order valence-corrected chi connectivity index (χ3v) is 3.47. The molecule has 0 aromatic heterocycles. The predicted octanol–water partition coefficient (Wildman–Crippen LogP) is 3.83. The van der Waals surface area contributed by atoms with Gasteiger partial charge < -0.3 is 5.73 Å². The number of hydrogen-bond donors (Lipinski definition) is 1. The van der Waals surface area contributed by atoms with Crippen molar-refractivity contribution >= 4 is 17.4 Å². The second-order valence-corrected chi connectivity index (χ2v) is 5.84. The van der Waals surface area contributed by atoms with Crippen LogP contribution in [-0.2, 0) is 0 Å². The zero-order chi connectivity index (χ0) is 12.9. The quantitative estimate of drug-likeness (QED) is 0.492. The highest BCUT2D eigenvalue weighted by Crippen LogP contribution is 2.26. The summed E-state index contributed by atoms with van der Waals surface area (Å²) in [7, 11) is 0. The molecule has 0 amide bonds. The minimum Gasteiger partial charge on any atom is -0.399 e. The van der Waals surface area contributed by atoms with Gasteiger partial charge in [0.25, 0.3) is 0 Å². The smallest absolute Gasteiger partial charge is 0.126 e. The molecule has 0 atom stereocenters. The molecule has 0 aliphatic carbocycles. The number of anilines is 1. The molecule has 1 rings (SSSR count). The van der Waals surface area contributed by atoms with Crippen LogP contribution in [0.15, 0.2) is 23.1 Å². The van der Waals surface area contributed by atoms with Crippen LogP contribution < -0.4 is 5.73 Å². The molecule has 4 heteroatoms. The van der Waals surface area contributed by atoms with Crippen molar-refractivity contribution in [3.8, 4) is 6.07 Å². The summed E-state index contributed by atoms with van der Waals surface area (Å²) in [5.41, 5.74) is 5.73. The zero-order valence-electron chi connectivity index (χ0n) is 10.2. The second kappa shape index (κ2) is 5.92. The van der Waals surface area contributed by atoms with Crippen molar-refractivity contribution in [2.45, 2.75) is 31.6 Å². The van der Waals surface area contributed by atoms with Gasteiger partial charge in [0.2, 0.25) is 0 Å². The Morgan fingerprint density at radius 3 is 2.71 bits per heavy atom. The molecule has 0 aliphatic heterocycles. The van der Waals surface area contributed by atoms with Crippen LogP contribution >= 0.6 is 11.8 Å². The fourth-order valence-electron chi connectivity index (χ4n) is 1.43. The summed E-state index contributed by atoms with van der Waals surface area (Å²) in [6.45, 7) is 3.86. The molecule has 1 aromatic carbocycles. The summed E-state index contributed by atoms with van der Waals surface area (Å²) in [5, 5.41) is 8.86. The molecular formula is C13H17FN2S. The van der Waals surface area contributed by atoms with Crippen LogP contribution in [0.3, 0.4) is 0 Å². The lowest BCUT2D eigenvalue weighted by Crippen LogP contribution is -2.07. The van der Waals surface area contributed by atoms with Gasteiger partial charge in [0, 0.05) is 10.6 Å². The number of thioether (sulfide) groups is 1. The van der Waals surface area contributed by atoms with Gasteiger partial charge in [-0.3, -0.25) is 0 Å². The number of nitrogens with two attached hydrogens (primary N) is 1. The van der Waals surface area contributed by atoms with Crippen LogP contribution in [-0.4, -0.2) is 5.75 Å². The molecule has 0 spiro atoms. The molecule has 2 N–H and O–H groups in total.